The van der Waals surface area contributed by atoms with Crippen LogP contribution in [0.2, 0.25) is 0 Å². The molecule has 0 radical (unpaired) electrons. The van der Waals surface area contributed by atoms with Crippen LogP contribution in [-0.4, -0.2) is 25.9 Å². The fourth-order valence-electron chi connectivity index (χ4n) is 1.40. The van der Waals surface area contributed by atoms with Crippen LogP contribution in [0, 0.1) is 5.82 Å². The van der Waals surface area contributed by atoms with Gasteiger partial charge in [0.2, 0.25) is 0 Å². The Kier molecular flexibility index (Phi) is 4.17. The maximum Gasteiger partial charge on any atom is 0.315 e. The number of benzene rings is 1. The molecule has 17 heavy (non-hydrogen) atoms. The monoisotopic (exact) mass is 239 g/mol. The maximum atomic E-state index is 12.8. The highest BCUT2D eigenvalue weighted by molar-refractivity contribution is 5.81. The molecule has 6 heteroatoms. The summed E-state index contributed by atoms with van der Waals surface area (Å²) in [4.78, 5) is 22.5. The summed E-state index contributed by atoms with van der Waals surface area (Å²) in [6.07, 6.45) is 0.537. The van der Waals surface area contributed by atoms with Crippen molar-refractivity contribution in [2.75, 3.05) is 13.6 Å². The Bertz CT molecular complexity index is 408. The molecule has 2 amide bonds. The highest BCUT2D eigenvalue weighted by atomic mass is 19.1. The molecule has 4 N–H and O–H groups in total. The number of amides is 2. The van der Waals surface area contributed by atoms with Crippen molar-refractivity contribution in [1.29, 1.82) is 0 Å². The number of halogens is 1. The zero-order valence-corrected chi connectivity index (χ0v) is 9.37. The molecule has 0 fully saturated rings. The van der Waals surface area contributed by atoms with E-state index in [0.29, 0.717) is 11.8 Å². The van der Waals surface area contributed by atoms with E-state index in [0.717, 1.165) is 0 Å². The van der Waals surface area contributed by atoms with Gasteiger partial charge in [-0.1, -0.05) is 12.1 Å². The largest absolute Gasteiger partial charge is 0.341 e. The zero-order valence-electron chi connectivity index (χ0n) is 9.37. The van der Waals surface area contributed by atoms with Gasteiger partial charge in [-0.2, -0.15) is 0 Å². The van der Waals surface area contributed by atoms with Crippen molar-refractivity contribution in [3.8, 4) is 0 Å². The predicted molar refractivity (Wildman–Crippen MR) is 60.8 cm³/mol. The minimum atomic E-state index is -1.34. The Morgan fingerprint density at radius 1 is 1.47 bits per heavy atom. The van der Waals surface area contributed by atoms with Crippen LogP contribution >= 0.6 is 0 Å². The van der Waals surface area contributed by atoms with E-state index in [4.69, 9.17) is 5.73 Å². The highest BCUT2D eigenvalue weighted by Gasteiger charge is 2.32. The highest BCUT2D eigenvalue weighted by Crippen LogP contribution is 2.18. The number of hydrogen-bond donors (Lipinski definition) is 3. The van der Waals surface area contributed by atoms with Crippen molar-refractivity contribution in [3.05, 3.63) is 35.6 Å². The molecule has 1 aromatic rings. The van der Waals surface area contributed by atoms with Crippen molar-refractivity contribution in [2.24, 2.45) is 5.73 Å². The summed E-state index contributed by atoms with van der Waals surface area (Å²) in [5.74, 6) is -0.425. The van der Waals surface area contributed by atoms with Gasteiger partial charge in [0, 0.05) is 13.6 Å². The van der Waals surface area contributed by atoms with Gasteiger partial charge in [0.1, 0.15) is 11.4 Å². The Hall–Kier alpha value is -1.95. The first-order valence-corrected chi connectivity index (χ1v) is 5.00. The van der Waals surface area contributed by atoms with Gasteiger partial charge in [0.15, 0.2) is 6.29 Å². The molecule has 1 rings (SSSR count). The van der Waals surface area contributed by atoms with E-state index < -0.39 is 17.4 Å². The van der Waals surface area contributed by atoms with Gasteiger partial charge < -0.3 is 21.2 Å². The third kappa shape index (κ3) is 2.79. The Morgan fingerprint density at radius 2 is 2.06 bits per heavy atom. The van der Waals surface area contributed by atoms with Crippen LogP contribution in [0.3, 0.4) is 0 Å². The average Bonchev–Trinajstić information content (AvgIpc) is 2.37. The van der Waals surface area contributed by atoms with Crippen LogP contribution in [0.4, 0.5) is 9.18 Å². The smallest absolute Gasteiger partial charge is 0.315 e. The van der Waals surface area contributed by atoms with Gasteiger partial charge in [-0.25, -0.2) is 9.18 Å². The second-order valence-corrected chi connectivity index (χ2v) is 3.50. The van der Waals surface area contributed by atoms with Gasteiger partial charge in [0.05, 0.1) is 0 Å². The van der Waals surface area contributed by atoms with Gasteiger partial charge in [-0.05, 0) is 17.7 Å². The van der Waals surface area contributed by atoms with Gasteiger partial charge in [-0.3, -0.25) is 0 Å². The molecule has 1 aromatic carbocycles. The Morgan fingerprint density at radius 3 is 2.47 bits per heavy atom. The average molecular weight is 239 g/mol. The lowest BCUT2D eigenvalue weighted by atomic mass is 9.91. The number of nitrogens with one attached hydrogen (secondary N) is 2. The quantitative estimate of drug-likeness (QED) is 0.652. The Balaban J connectivity index is 3.10. The molecular formula is C11H14FN3O2. The van der Waals surface area contributed by atoms with Crippen LogP contribution in [0.25, 0.3) is 0 Å². The van der Waals surface area contributed by atoms with E-state index in [-0.39, 0.29) is 6.54 Å². The fourth-order valence-corrected chi connectivity index (χ4v) is 1.40. The van der Waals surface area contributed by atoms with E-state index in [1.165, 1.54) is 31.3 Å². The second kappa shape index (κ2) is 5.40. The van der Waals surface area contributed by atoms with Crippen LogP contribution < -0.4 is 16.4 Å². The van der Waals surface area contributed by atoms with Gasteiger partial charge >= 0.3 is 6.03 Å². The first-order chi connectivity index (χ1) is 8.07. The fraction of sp³-hybridized carbons (Fsp3) is 0.273. The number of urea groups is 1. The molecule has 0 bridgehead atoms. The first-order valence-electron chi connectivity index (χ1n) is 5.00. The number of carbonyl (C=O) groups excluding carboxylic acids is 2. The van der Waals surface area contributed by atoms with E-state index in [9.17, 15) is 14.0 Å². The second-order valence-electron chi connectivity index (χ2n) is 3.50. The zero-order chi connectivity index (χ0) is 12.9. The van der Waals surface area contributed by atoms with E-state index in [1.54, 1.807) is 0 Å². The minimum absolute atomic E-state index is 0.116. The normalized spacial score (nSPS) is 13.6. The number of aldehydes is 1. The lowest BCUT2D eigenvalue weighted by Gasteiger charge is -2.28. The van der Waals surface area contributed by atoms with Crippen molar-refractivity contribution in [3.63, 3.8) is 0 Å². The molecule has 0 aliphatic carbocycles. The molecule has 0 aliphatic heterocycles. The molecular weight excluding hydrogens is 225 g/mol. The van der Waals surface area contributed by atoms with Crippen LogP contribution in [-0.2, 0) is 10.3 Å². The van der Waals surface area contributed by atoms with E-state index in [2.05, 4.69) is 10.6 Å². The summed E-state index contributed by atoms with van der Waals surface area (Å²) < 4.78 is 12.8. The summed E-state index contributed by atoms with van der Waals surface area (Å²) >= 11 is 0. The number of rotatable bonds is 4. The first kappa shape index (κ1) is 13.1. The minimum Gasteiger partial charge on any atom is -0.341 e. The number of nitrogens with two attached hydrogens (primary N) is 1. The standard InChI is InChI=1S/C11H14FN3O2/c1-14-10(17)15-11(6-13,7-16)8-2-4-9(12)5-3-8/h2-5,7H,6,13H2,1H3,(H2,14,15,17). The topological polar surface area (TPSA) is 84.2 Å². The lowest BCUT2D eigenvalue weighted by molar-refractivity contribution is -0.113. The molecule has 0 saturated carbocycles. The molecule has 5 nitrogen and oxygen atoms in total. The molecule has 0 spiro atoms. The summed E-state index contributed by atoms with van der Waals surface area (Å²) in [5.41, 5.74) is 4.61. The van der Waals surface area contributed by atoms with Gasteiger partial charge in [-0.15, -0.1) is 0 Å². The van der Waals surface area contributed by atoms with Crippen molar-refractivity contribution >= 4 is 12.3 Å². The van der Waals surface area contributed by atoms with Crippen molar-refractivity contribution in [1.82, 2.24) is 10.6 Å². The predicted octanol–water partition coefficient (Wildman–Crippen LogP) is 0.108. The van der Waals surface area contributed by atoms with E-state index in [1.807, 2.05) is 0 Å². The summed E-state index contributed by atoms with van der Waals surface area (Å²) in [5, 5.41) is 4.78. The van der Waals surface area contributed by atoms with Crippen molar-refractivity contribution < 1.29 is 14.0 Å². The maximum absolute atomic E-state index is 12.8. The Labute approximate surface area is 98.2 Å². The summed E-state index contributed by atoms with van der Waals surface area (Å²) in [6, 6.07) is 4.69. The third-order valence-corrected chi connectivity index (χ3v) is 2.45. The van der Waals surface area contributed by atoms with Crippen molar-refractivity contribution in [2.45, 2.75) is 5.54 Å². The molecule has 1 atom stereocenters. The van der Waals surface area contributed by atoms with Crippen LogP contribution in [0.15, 0.2) is 24.3 Å². The third-order valence-electron chi connectivity index (χ3n) is 2.45. The molecule has 0 aromatic heterocycles. The lowest BCUT2D eigenvalue weighted by Crippen LogP contribution is -2.54. The summed E-state index contributed by atoms with van der Waals surface area (Å²) in [7, 11) is 1.42. The van der Waals surface area contributed by atoms with Gasteiger partial charge in [0.25, 0.3) is 0 Å². The number of hydrogen-bond acceptors (Lipinski definition) is 3. The molecule has 0 aliphatic rings. The molecule has 0 heterocycles. The molecule has 0 saturated heterocycles. The molecule has 1 unspecified atom stereocenters. The van der Waals surface area contributed by atoms with E-state index >= 15 is 0 Å². The summed E-state index contributed by atoms with van der Waals surface area (Å²) in [6.45, 7) is -0.116. The SMILES string of the molecule is CNC(=O)NC(C=O)(CN)c1ccc(F)cc1. The van der Waals surface area contributed by atoms with Crippen LogP contribution in [0.1, 0.15) is 5.56 Å². The molecule has 92 valence electrons. The van der Waals surface area contributed by atoms with Crippen LogP contribution in [0.5, 0.6) is 0 Å². The number of carbonyl (C=O) groups is 2.